The van der Waals surface area contributed by atoms with E-state index in [1.54, 1.807) is 30.3 Å². The zero-order valence-corrected chi connectivity index (χ0v) is 10.7. The molecule has 1 aromatic rings. The van der Waals surface area contributed by atoms with E-state index in [0.717, 1.165) is 0 Å². The summed E-state index contributed by atoms with van der Waals surface area (Å²) in [6, 6.07) is 8.20. The zero-order valence-electron chi connectivity index (χ0n) is 10.7. The van der Waals surface area contributed by atoms with Gasteiger partial charge in [-0.2, -0.15) is 10.4 Å². The molecule has 20 heavy (non-hydrogen) atoms. The van der Waals surface area contributed by atoms with Gasteiger partial charge < -0.3 is 9.84 Å². The number of carboxylic acids is 1. The summed E-state index contributed by atoms with van der Waals surface area (Å²) in [7, 11) is 0. The molecule has 0 unspecified atom stereocenters. The van der Waals surface area contributed by atoms with Gasteiger partial charge in [0.25, 0.3) is 5.91 Å². The first-order valence-corrected chi connectivity index (χ1v) is 5.71. The van der Waals surface area contributed by atoms with Gasteiger partial charge in [-0.1, -0.05) is 0 Å². The second-order valence-electron chi connectivity index (χ2n) is 3.80. The van der Waals surface area contributed by atoms with E-state index in [1.165, 1.54) is 13.1 Å². The molecule has 2 N–H and O–H groups in total. The number of rotatable bonds is 6. The van der Waals surface area contributed by atoms with Gasteiger partial charge in [-0.3, -0.25) is 4.79 Å². The predicted molar refractivity (Wildman–Crippen MR) is 70.1 cm³/mol. The molecule has 1 amide bonds. The maximum Gasteiger partial charge on any atom is 0.344 e. The summed E-state index contributed by atoms with van der Waals surface area (Å²) in [5.74, 6) is -1.11. The molecule has 1 atom stereocenters. The largest absolute Gasteiger partial charge is 0.479 e. The average Bonchev–Trinajstić information content (AvgIpc) is 2.41. The summed E-state index contributed by atoms with van der Waals surface area (Å²) in [5, 5.41) is 20.6. The van der Waals surface area contributed by atoms with Crippen LogP contribution in [0.3, 0.4) is 0 Å². The van der Waals surface area contributed by atoms with Gasteiger partial charge in [0.05, 0.1) is 12.3 Å². The first kappa shape index (κ1) is 15.2. The van der Waals surface area contributed by atoms with Crippen LogP contribution >= 0.6 is 0 Å². The van der Waals surface area contributed by atoms with Gasteiger partial charge in [-0.25, -0.2) is 10.2 Å². The minimum atomic E-state index is -1.05. The van der Waals surface area contributed by atoms with Crippen LogP contribution in [0.25, 0.3) is 0 Å². The number of carbonyl (C=O) groups excluding carboxylic acids is 1. The molecular weight excluding hydrogens is 262 g/mol. The number of hydrazone groups is 1. The van der Waals surface area contributed by atoms with Crippen molar-refractivity contribution in [2.75, 3.05) is 0 Å². The van der Waals surface area contributed by atoms with Crippen molar-refractivity contribution >= 4 is 18.1 Å². The Morgan fingerprint density at radius 3 is 2.70 bits per heavy atom. The van der Waals surface area contributed by atoms with Gasteiger partial charge >= 0.3 is 5.97 Å². The Bertz CT molecular complexity index is 546. The Morgan fingerprint density at radius 2 is 2.15 bits per heavy atom. The van der Waals surface area contributed by atoms with Crippen molar-refractivity contribution in [3.05, 3.63) is 29.8 Å². The molecule has 0 spiro atoms. The number of aliphatic carboxylic acids is 1. The summed E-state index contributed by atoms with van der Waals surface area (Å²) < 4.78 is 5.16. The third-order valence-corrected chi connectivity index (χ3v) is 2.18. The maximum atomic E-state index is 10.9. The monoisotopic (exact) mass is 275 g/mol. The molecule has 1 aromatic carbocycles. The van der Waals surface area contributed by atoms with E-state index in [2.05, 4.69) is 10.5 Å². The summed E-state index contributed by atoms with van der Waals surface area (Å²) in [6.07, 6.45) is 0.219. The fourth-order valence-corrected chi connectivity index (χ4v) is 1.18. The van der Waals surface area contributed by atoms with Crippen molar-refractivity contribution in [3.63, 3.8) is 0 Å². The SMILES string of the molecule is C[C@H](Oc1ccc(/C=N\NC(=O)CC#N)cc1)C(=O)O. The van der Waals surface area contributed by atoms with E-state index < -0.39 is 18.0 Å². The second kappa shape index (κ2) is 7.53. The zero-order chi connectivity index (χ0) is 15.0. The summed E-state index contributed by atoms with van der Waals surface area (Å²) in [4.78, 5) is 21.6. The molecule has 0 aliphatic rings. The lowest BCUT2D eigenvalue weighted by Gasteiger charge is -2.09. The number of nitrogens with zero attached hydrogens (tertiary/aromatic N) is 2. The van der Waals surface area contributed by atoms with E-state index in [-0.39, 0.29) is 6.42 Å². The van der Waals surface area contributed by atoms with Crippen molar-refractivity contribution in [3.8, 4) is 11.8 Å². The maximum absolute atomic E-state index is 10.9. The fourth-order valence-electron chi connectivity index (χ4n) is 1.18. The van der Waals surface area contributed by atoms with Crippen LogP contribution in [0.5, 0.6) is 5.75 Å². The molecule has 104 valence electrons. The van der Waals surface area contributed by atoms with Crippen LogP contribution in [0.1, 0.15) is 18.9 Å². The lowest BCUT2D eigenvalue weighted by molar-refractivity contribution is -0.144. The van der Waals surface area contributed by atoms with Gasteiger partial charge in [0.15, 0.2) is 6.10 Å². The van der Waals surface area contributed by atoms with Crippen LogP contribution in [-0.4, -0.2) is 29.3 Å². The van der Waals surface area contributed by atoms with Gasteiger partial charge in [0, 0.05) is 0 Å². The minimum absolute atomic E-state index is 0.253. The molecule has 1 rings (SSSR count). The summed E-state index contributed by atoms with van der Waals surface area (Å²) in [5.41, 5.74) is 2.89. The highest BCUT2D eigenvalue weighted by molar-refractivity contribution is 5.83. The van der Waals surface area contributed by atoms with Crippen LogP contribution < -0.4 is 10.2 Å². The summed E-state index contributed by atoms with van der Waals surface area (Å²) in [6.45, 7) is 1.43. The fraction of sp³-hybridized carbons (Fsp3) is 0.231. The Labute approximate surface area is 115 Å². The molecule has 0 fully saturated rings. The number of nitriles is 1. The molecule has 0 aliphatic heterocycles. The quantitative estimate of drug-likeness (QED) is 0.591. The van der Waals surface area contributed by atoms with E-state index >= 15 is 0 Å². The van der Waals surface area contributed by atoms with E-state index in [4.69, 9.17) is 15.1 Å². The van der Waals surface area contributed by atoms with Crippen molar-refractivity contribution < 1.29 is 19.4 Å². The lowest BCUT2D eigenvalue weighted by atomic mass is 10.2. The first-order chi connectivity index (χ1) is 9.52. The Kier molecular flexibility index (Phi) is 5.72. The van der Waals surface area contributed by atoms with Crippen molar-refractivity contribution in [2.24, 2.45) is 5.10 Å². The van der Waals surface area contributed by atoms with Crippen LogP contribution in [0, 0.1) is 11.3 Å². The number of amides is 1. The number of ether oxygens (including phenoxy) is 1. The molecule has 0 bridgehead atoms. The number of carboxylic acid groups (broad SMARTS) is 1. The van der Waals surface area contributed by atoms with Crippen molar-refractivity contribution in [1.82, 2.24) is 5.43 Å². The van der Waals surface area contributed by atoms with E-state index in [9.17, 15) is 9.59 Å². The second-order valence-corrected chi connectivity index (χ2v) is 3.80. The first-order valence-electron chi connectivity index (χ1n) is 5.71. The highest BCUT2D eigenvalue weighted by Gasteiger charge is 2.11. The molecule has 0 radical (unpaired) electrons. The summed E-state index contributed by atoms with van der Waals surface area (Å²) >= 11 is 0. The molecule has 0 saturated carbocycles. The smallest absolute Gasteiger partial charge is 0.344 e. The average molecular weight is 275 g/mol. The van der Waals surface area contributed by atoms with E-state index in [0.29, 0.717) is 11.3 Å². The number of carbonyl (C=O) groups is 2. The highest BCUT2D eigenvalue weighted by atomic mass is 16.5. The molecule has 7 nitrogen and oxygen atoms in total. The van der Waals surface area contributed by atoms with Crippen LogP contribution in [0.4, 0.5) is 0 Å². The Morgan fingerprint density at radius 1 is 1.50 bits per heavy atom. The molecule has 7 heteroatoms. The van der Waals surface area contributed by atoms with Crippen LogP contribution in [-0.2, 0) is 9.59 Å². The van der Waals surface area contributed by atoms with Gasteiger partial charge in [0.2, 0.25) is 0 Å². The topological polar surface area (TPSA) is 112 Å². The standard InChI is InChI=1S/C13H13N3O4/c1-9(13(18)19)20-11-4-2-10(3-5-11)8-15-16-12(17)6-7-14/h2-5,8-9H,6H2,1H3,(H,16,17)(H,18,19)/b15-8-/t9-/m0/s1. The van der Waals surface area contributed by atoms with Gasteiger partial charge in [-0.15, -0.1) is 0 Å². The van der Waals surface area contributed by atoms with Crippen LogP contribution in [0.15, 0.2) is 29.4 Å². The van der Waals surface area contributed by atoms with Crippen molar-refractivity contribution in [1.29, 1.82) is 5.26 Å². The predicted octanol–water partition coefficient (Wildman–Crippen LogP) is 0.902. The highest BCUT2D eigenvalue weighted by Crippen LogP contribution is 2.13. The number of nitrogens with one attached hydrogen (secondary N) is 1. The molecule has 0 aromatic heterocycles. The molecule has 0 heterocycles. The number of hydrogen-bond acceptors (Lipinski definition) is 5. The molecule has 0 aliphatic carbocycles. The minimum Gasteiger partial charge on any atom is -0.479 e. The van der Waals surface area contributed by atoms with Crippen LogP contribution in [0.2, 0.25) is 0 Å². The third-order valence-electron chi connectivity index (χ3n) is 2.18. The molecule has 0 saturated heterocycles. The van der Waals surface area contributed by atoms with Gasteiger partial charge in [0.1, 0.15) is 12.2 Å². The van der Waals surface area contributed by atoms with Crippen molar-refractivity contribution in [2.45, 2.75) is 19.4 Å². The van der Waals surface area contributed by atoms with E-state index in [1.807, 2.05) is 0 Å². The van der Waals surface area contributed by atoms with Gasteiger partial charge in [-0.05, 0) is 36.8 Å². The Hall–Kier alpha value is -2.88. The third kappa shape index (κ3) is 5.18. The lowest BCUT2D eigenvalue weighted by Crippen LogP contribution is -2.22. The normalized spacial score (nSPS) is 11.6. The molecular formula is C13H13N3O4. The number of benzene rings is 1. The number of hydrogen-bond donors (Lipinski definition) is 2. The Balaban J connectivity index is 2.54.